The monoisotopic (exact) mass is 1240 g/mol. The summed E-state index contributed by atoms with van der Waals surface area (Å²) in [5.41, 5.74) is 31.2. The maximum Gasteiger partial charge on any atom is 0.252 e. The minimum atomic E-state index is -0.306. The summed E-state index contributed by atoms with van der Waals surface area (Å²) >= 11 is 0. The third kappa shape index (κ3) is 10.4. The van der Waals surface area contributed by atoms with E-state index in [-0.39, 0.29) is 23.0 Å². The van der Waals surface area contributed by atoms with Crippen LogP contribution in [0.3, 0.4) is 0 Å². The first kappa shape index (κ1) is 60.0. The molecule has 0 amide bonds. The minimum Gasteiger partial charge on any atom is -0.310 e. The highest BCUT2D eigenvalue weighted by Gasteiger charge is 2.47. The van der Waals surface area contributed by atoms with E-state index in [1.807, 2.05) is 0 Å². The molecule has 2 aliphatic heterocycles. The van der Waals surface area contributed by atoms with Crippen LogP contribution in [0.2, 0.25) is 0 Å². The van der Waals surface area contributed by atoms with Gasteiger partial charge in [0.05, 0.1) is 22.8 Å². The van der Waals surface area contributed by atoms with Gasteiger partial charge in [-0.1, -0.05) is 317 Å². The topological polar surface area (TPSA) is 11.4 Å². The molecule has 14 aromatic rings. The van der Waals surface area contributed by atoms with Crippen molar-refractivity contribution in [3.05, 3.63) is 326 Å². The molecule has 4 heteroatoms. The van der Waals surface area contributed by atoms with Crippen LogP contribution < -0.4 is 26.2 Å². The Bertz CT molecular complexity index is 5050. The molecule has 3 heterocycles. The number of hydrogen-bond donors (Lipinski definition) is 0. The molecule has 0 bridgehead atoms. The molecule has 0 atom stereocenters. The number of benzene rings is 13. The van der Waals surface area contributed by atoms with Gasteiger partial charge in [-0.15, -0.1) is 0 Å². The molecule has 13 aromatic carbocycles. The zero-order valence-electron chi connectivity index (χ0n) is 56.4. The summed E-state index contributed by atoms with van der Waals surface area (Å²) in [7, 11) is 0. The normalized spacial score (nSPS) is 12.8. The number of aromatic nitrogens is 1. The summed E-state index contributed by atoms with van der Waals surface area (Å²) in [6.07, 6.45) is 0. The molecule has 464 valence electrons. The molecule has 0 unspecified atom stereocenters. The maximum absolute atomic E-state index is 2.73. The van der Waals surface area contributed by atoms with Crippen molar-refractivity contribution in [2.75, 3.05) is 9.80 Å². The lowest BCUT2D eigenvalue weighted by Crippen LogP contribution is -2.61. The second-order valence-electron chi connectivity index (χ2n) is 29.3. The molecule has 0 spiro atoms. The summed E-state index contributed by atoms with van der Waals surface area (Å²) < 4.78 is 2.57. The number of nitrogens with zero attached hydrogens (tertiary/aromatic N) is 3. The van der Waals surface area contributed by atoms with Crippen molar-refractivity contribution in [2.45, 2.75) is 78.6 Å². The Morgan fingerprint density at radius 1 is 0.250 bits per heavy atom. The van der Waals surface area contributed by atoms with E-state index in [0.29, 0.717) is 0 Å². The molecule has 1 aromatic heterocycles. The Balaban J connectivity index is 1.11. The van der Waals surface area contributed by atoms with E-state index in [1.54, 1.807) is 0 Å². The molecule has 0 aliphatic carbocycles. The number of rotatable bonds is 10. The van der Waals surface area contributed by atoms with Gasteiger partial charge in [-0.05, 0) is 148 Å². The SMILES string of the molecule is CC(C)(C)c1cc(-c2ccccc2)c(N2c3ccc(-c4ccccc4)cc3B3c4ccc(-n5c(-c6ccccc6)c6ccccc6c5-c5ccccc5)cc4N(c4c(-c5ccccc5)cc(C(C)(C)C)cc4-c4ccccc4)c4cc(C(C)(C)C)cc2c43)c(-c2ccccc2)c1. The predicted molar refractivity (Wildman–Crippen MR) is 411 cm³/mol. The lowest BCUT2D eigenvalue weighted by atomic mass is 9.33. The van der Waals surface area contributed by atoms with Crippen LogP contribution in [0.1, 0.15) is 79.0 Å². The van der Waals surface area contributed by atoms with Crippen molar-refractivity contribution < 1.29 is 0 Å². The van der Waals surface area contributed by atoms with Crippen LogP contribution in [0.25, 0.3) is 94.6 Å². The second kappa shape index (κ2) is 23.5. The van der Waals surface area contributed by atoms with Crippen molar-refractivity contribution in [3.63, 3.8) is 0 Å². The van der Waals surface area contributed by atoms with Crippen LogP contribution in [0.15, 0.2) is 309 Å². The standard InChI is InChI=1S/C92H78BN3/c1-90(2,3)69-54-75(62-35-19-11-20-36-62)88(76(55-69)63-37-21-12-22-38-63)95-81-52-49-68(61-33-17-10-18-34-61)53-80(81)93-79-51-50-72(94-86(66-43-27-15-28-44-66)73-47-31-32-48-74(73)87(94)67-45-29-16-30-46-67)60-82(79)96(84-59-71(92(7,8)9)58-83(95)85(84)93)89-77(64-39-23-13-24-40-64)56-70(91(4,5)6)57-78(89)65-41-25-14-26-42-65/h10-60H,1-9H3. The van der Waals surface area contributed by atoms with E-state index in [1.165, 1.54) is 94.0 Å². The van der Waals surface area contributed by atoms with Gasteiger partial charge >= 0.3 is 0 Å². The number of fused-ring (bicyclic) bond motifs is 5. The largest absolute Gasteiger partial charge is 0.310 e. The van der Waals surface area contributed by atoms with E-state index in [4.69, 9.17) is 0 Å². The van der Waals surface area contributed by atoms with Gasteiger partial charge in [0.1, 0.15) is 0 Å². The lowest BCUT2D eigenvalue weighted by Gasteiger charge is -2.47. The van der Waals surface area contributed by atoms with Gasteiger partial charge in [0.2, 0.25) is 0 Å². The molecular formula is C92H78BN3. The van der Waals surface area contributed by atoms with Crippen LogP contribution in [0.5, 0.6) is 0 Å². The van der Waals surface area contributed by atoms with E-state index >= 15 is 0 Å². The van der Waals surface area contributed by atoms with Gasteiger partial charge in [0.15, 0.2) is 0 Å². The molecule has 2 aliphatic rings. The quantitative estimate of drug-likeness (QED) is 0.126. The average molecular weight is 1240 g/mol. The zero-order chi connectivity index (χ0) is 65.6. The smallest absolute Gasteiger partial charge is 0.252 e. The molecule has 0 saturated carbocycles. The Hall–Kier alpha value is -10.9. The summed E-state index contributed by atoms with van der Waals surface area (Å²) in [6.45, 7) is 21.1. The van der Waals surface area contributed by atoms with E-state index in [9.17, 15) is 0 Å². The lowest BCUT2D eigenvalue weighted by molar-refractivity contribution is 0.590. The van der Waals surface area contributed by atoms with Crippen LogP contribution >= 0.6 is 0 Å². The fourth-order valence-corrected chi connectivity index (χ4v) is 15.1. The van der Waals surface area contributed by atoms with Crippen molar-refractivity contribution in [3.8, 4) is 83.8 Å². The zero-order valence-corrected chi connectivity index (χ0v) is 56.4. The van der Waals surface area contributed by atoms with Gasteiger partial charge in [-0.25, -0.2) is 0 Å². The third-order valence-corrected chi connectivity index (χ3v) is 20.0. The first-order chi connectivity index (χ1) is 46.6. The fraction of sp³-hybridized carbons (Fsp3) is 0.130. The summed E-state index contributed by atoms with van der Waals surface area (Å²) in [4.78, 5) is 5.43. The average Bonchev–Trinajstić information content (AvgIpc) is 0.733. The van der Waals surface area contributed by atoms with Crippen molar-refractivity contribution >= 4 is 68.0 Å². The van der Waals surface area contributed by atoms with Gasteiger partial charge in [-0.3, -0.25) is 0 Å². The Labute approximate surface area is 567 Å². The van der Waals surface area contributed by atoms with Crippen molar-refractivity contribution in [1.29, 1.82) is 0 Å². The summed E-state index contributed by atoms with van der Waals surface area (Å²) in [5.74, 6) is 0. The summed E-state index contributed by atoms with van der Waals surface area (Å²) in [6, 6.07) is 117. The predicted octanol–water partition coefficient (Wildman–Crippen LogP) is 23.3. The fourth-order valence-electron chi connectivity index (χ4n) is 15.1. The highest BCUT2D eigenvalue weighted by molar-refractivity contribution is 7.00. The Morgan fingerprint density at radius 3 is 0.958 bits per heavy atom. The van der Waals surface area contributed by atoms with Crippen molar-refractivity contribution in [2.24, 2.45) is 0 Å². The molecular weight excluding hydrogens is 1160 g/mol. The highest BCUT2D eigenvalue weighted by atomic mass is 15.2. The van der Waals surface area contributed by atoms with Crippen LogP contribution in [0.4, 0.5) is 34.1 Å². The molecule has 0 fully saturated rings. The first-order valence-corrected chi connectivity index (χ1v) is 34.0. The van der Waals surface area contributed by atoms with Crippen molar-refractivity contribution in [1.82, 2.24) is 4.57 Å². The molecule has 16 rings (SSSR count). The van der Waals surface area contributed by atoms with E-state index in [0.717, 1.165) is 67.8 Å². The molecule has 0 N–H and O–H groups in total. The highest BCUT2D eigenvalue weighted by Crippen LogP contribution is 2.56. The third-order valence-electron chi connectivity index (χ3n) is 20.0. The van der Waals surface area contributed by atoms with Crippen LogP contribution in [0, 0.1) is 0 Å². The molecule has 0 radical (unpaired) electrons. The van der Waals surface area contributed by atoms with Gasteiger partial charge < -0.3 is 14.4 Å². The Morgan fingerprint density at radius 2 is 0.583 bits per heavy atom. The first-order valence-electron chi connectivity index (χ1n) is 34.0. The minimum absolute atomic E-state index is 0.165. The second-order valence-corrected chi connectivity index (χ2v) is 29.3. The van der Waals surface area contributed by atoms with Crippen LogP contribution in [-0.4, -0.2) is 11.3 Å². The van der Waals surface area contributed by atoms with Gasteiger partial charge in [0, 0.05) is 61.5 Å². The van der Waals surface area contributed by atoms with Gasteiger partial charge in [0.25, 0.3) is 6.71 Å². The molecule has 0 saturated heterocycles. The summed E-state index contributed by atoms with van der Waals surface area (Å²) in [5, 5.41) is 2.40. The maximum atomic E-state index is 2.73. The number of hydrogen-bond acceptors (Lipinski definition) is 2. The van der Waals surface area contributed by atoms with E-state index in [2.05, 4.69) is 386 Å². The molecule has 96 heavy (non-hydrogen) atoms. The number of anilines is 6. The van der Waals surface area contributed by atoms with Crippen LogP contribution in [-0.2, 0) is 16.2 Å². The van der Waals surface area contributed by atoms with E-state index < -0.39 is 0 Å². The molecule has 3 nitrogen and oxygen atoms in total. The Kier molecular flexibility index (Phi) is 14.7. The van der Waals surface area contributed by atoms with Gasteiger partial charge in [-0.2, -0.15) is 0 Å².